The zero-order valence-corrected chi connectivity index (χ0v) is 11.0. The van der Waals surface area contributed by atoms with Crippen LogP contribution in [0.15, 0.2) is 24.3 Å². The third-order valence-corrected chi connectivity index (χ3v) is 3.04. The summed E-state index contributed by atoms with van der Waals surface area (Å²) >= 11 is 0. The van der Waals surface area contributed by atoms with Crippen LogP contribution >= 0.6 is 0 Å². The predicted octanol–water partition coefficient (Wildman–Crippen LogP) is 1.98. The second kappa shape index (κ2) is 5.67. The summed E-state index contributed by atoms with van der Waals surface area (Å²) in [6.45, 7) is 5.20. The molecule has 1 aromatic carbocycles. The summed E-state index contributed by atoms with van der Waals surface area (Å²) in [5.74, 6) is -1.59. The van der Waals surface area contributed by atoms with E-state index in [0.717, 1.165) is 17.5 Å². The molecular formula is C14H19NO3. The Hall–Kier alpha value is -1.84. The predicted molar refractivity (Wildman–Crippen MR) is 69.1 cm³/mol. The minimum absolute atomic E-state index is 0.361. The van der Waals surface area contributed by atoms with Crippen LogP contribution in [0.3, 0.4) is 0 Å². The number of carbonyl (C=O) groups excluding carboxylic acids is 1. The standard InChI is InChI=1S/C14H19NO3/c1-4-10-7-5-6-8-11(10)9-15-12(16)14(2,3)13(17)18/h5-8H,4,9H2,1-3H3,(H,15,16)(H,17,18). The number of rotatable bonds is 5. The van der Waals surface area contributed by atoms with Crippen molar-refractivity contribution in [3.05, 3.63) is 35.4 Å². The fraction of sp³-hybridized carbons (Fsp3) is 0.429. The molecule has 0 saturated heterocycles. The fourth-order valence-corrected chi connectivity index (χ4v) is 1.57. The van der Waals surface area contributed by atoms with Gasteiger partial charge in [0.05, 0.1) is 0 Å². The van der Waals surface area contributed by atoms with E-state index in [-0.39, 0.29) is 0 Å². The Kier molecular flexibility index (Phi) is 4.48. The smallest absolute Gasteiger partial charge is 0.318 e. The van der Waals surface area contributed by atoms with Gasteiger partial charge in [0.25, 0.3) is 0 Å². The molecule has 4 nitrogen and oxygen atoms in total. The average molecular weight is 249 g/mol. The first-order valence-corrected chi connectivity index (χ1v) is 5.98. The number of carboxylic acids is 1. The lowest BCUT2D eigenvalue weighted by Crippen LogP contribution is -2.42. The van der Waals surface area contributed by atoms with Crippen molar-refractivity contribution < 1.29 is 14.7 Å². The maximum Gasteiger partial charge on any atom is 0.318 e. The van der Waals surface area contributed by atoms with Gasteiger partial charge < -0.3 is 10.4 Å². The first-order valence-electron chi connectivity index (χ1n) is 5.98. The van der Waals surface area contributed by atoms with Crippen LogP contribution in [-0.4, -0.2) is 17.0 Å². The van der Waals surface area contributed by atoms with Gasteiger partial charge in [0.2, 0.25) is 5.91 Å². The molecule has 0 saturated carbocycles. The van der Waals surface area contributed by atoms with Gasteiger partial charge in [-0.05, 0) is 31.4 Å². The molecule has 0 aliphatic heterocycles. The summed E-state index contributed by atoms with van der Waals surface area (Å²) in [5.41, 5.74) is 0.779. The molecule has 1 aromatic rings. The van der Waals surface area contributed by atoms with E-state index in [0.29, 0.717) is 6.54 Å². The van der Waals surface area contributed by atoms with Crippen molar-refractivity contribution in [2.45, 2.75) is 33.7 Å². The van der Waals surface area contributed by atoms with E-state index >= 15 is 0 Å². The van der Waals surface area contributed by atoms with E-state index in [1.807, 2.05) is 31.2 Å². The lowest BCUT2D eigenvalue weighted by atomic mass is 9.92. The summed E-state index contributed by atoms with van der Waals surface area (Å²) in [6.07, 6.45) is 0.883. The van der Waals surface area contributed by atoms with Crippen LogP contribution < -0.4 is 5.32 Å². The molecule has 0 aliphatic carbocycles. The average Bonchev–Trinajstić information content (AvgIpc) is 2.35. The van der Waals surface area contributed by atoms with E-state index in [9.17, 15) is 9.59 Å². The van der Waals surface area contributed by atoms with Crippen molar-refractivity contribution in [3.8, 4) is 0 Å². The van der Waals surface area contributed by atoms with Gasteiger partial charge in [-0.2, -0.15) is 0 Å². The highest BCUT2D eigenvalue weighted by Crippen LogP contribution is 2.16. The highest BCUT2D eigenvalue weighted by Gasteiger charge is 2.35. The number of hydrogen-bond donors (Lipinski definition) is 2. The van der Waals surface area contributed by atoms with Crippen molar-refractivity contribution in [1.82, 2.24) is 5.32 Å². The van der Waals surface area contributed by atoms with E-state index in [1.165, 1.54) is 13.8 Å². The third kappa shape index (κ3) is 3.09. The number of aryl methyl sites for hydroxylation is 1. The van der Waals surface area contributed by atoms with Gasteiger partial charge in [0.1, 0.15) is 5.41 Å². The highest BCUT2D eigenvalue weighted by molar-refractivity contribution is 6.00. The Morgan fingerprint density at radius 2 is 1.78 bits per heavy atom. The van der Waals surface area contributed by atoms with Crippen molar-refractivity contribution >= 4 is 11.9 Å². The Morgan fingerprint density at radius 3 is 2.28 bits per heavy atom. The second-order valence-corrected chi connectivity index (χ2v) is 4.74. The van der Waals surface area contributed by atoms with Gasteiger partial charge in [-0.1, -0.05) is 31.2 Å². The summed E-state index contributed by atoms with van der Waals surface area (Å²) in [6, 6.07) is 7.80. The monoisotopic (exact) mass is 249 g/mol. The lowest BCUT2D eigenvalue weighted by Gasteiger charge is -2.19. The molecular weight excluding hydrogens is 230 g/mol. The topological polar surface area (TPSA) is 66.4 Å². The molecule has 4 heteroatoms. The second-order valence-electron chi connectivity index (χ2n) is 4.74. The van der Waals surface area contributed by atoms with Gasteiger partial charge in [-0.3, -0.25) is 9.59 Å². The lowest BCUT2D eigenvalue weighted by molar-refractivity contribution is -0.153. The Labute approximate surface area is 107 Å². The summed E-state index contributed by atoms with van der Waals surface area (Å²) in [7, 11) is 0. The third-order valence-electron chi connectivity index (χ3n) is 3.04. The van der Waals surface area contributed by atoms with Gasteiger partial charge >= 0.3 is 5.97 Å². The number of hydrogen-bond acceptors (Lipinski definition) is 2. The number of carboxylic acid groups (broad SMARTS) is 1. The van der Waals surface area contributed by atoms with E-state index < -0.39 is 17.3 Å². The van der Waals surface area contributed by atoms with E-state index in [1.54, 1.807) is 0 Å². The molecule has 0 heterocycles. The van der Waals surface area contributed by atoms with Crippen LogP contribution in [0.1, 0.15) is 31.9 Å². The van der Waals surface area contributed by atoms with E-state index in [2.05, 4.69) is 5.32 Å². The number of amides is 1. The highest BCUT2D eigenvalue weighted by atomic mass is 16.4. The van der Waals surface area contributed by atoms with Crippen LogP contribution in [0, 0.1) is 5.41 Å². The molecule has 0 atom stereocenters. The molecule has 0 aliphatic rings. The SMILES string of the molecule is CCc1ccccc1CNC(=O)C(C)(C)C(=O)O. The van der Waals surface area contributed by atoms with Crippen molar-refractivity contribution in [2.24, 2.45) is 5.41 Å². The first-order chi connectivity index (χ1) is 8.39. The number of benzene rings is 1. The molecule has 1 rings (SSSR count). The number of aliphatic carboxylic acids is 1. The van der Waals surface area contributed by atoms with Crippen LogP contribution in [0.5, 0.6) is 0 Å². The molecule has 18 heavy (non-hydrogen) atoms. The zero-order chi connectivity index (χ0) is 13.8. The van der Waals surface area contributed by atoms with Gasteiger partial charge in [-0.25, -0.2) is 0 Å². The summed E-state index contributed by atoms with van der Waals surface area (Å²) in [5, 5.41) is 11.6. The van der Waals surface area contributed by atoms with Gasteiger partial charge in [0.15, 0.2) is 0 Å². The Morgan fingerprint density at radius 1 is 1.22 bits per heavy atom. The summed E-state index contributed by atoms with van der Waals surface area (Å²) in [4.78, 5) is 22.7. The molecule has 0 fully saturated rings. The van der Waals surface area contributed by atoms with Gasteiger partial charge in [0, 0.05) is 6.54 Å². The fourth-order valence-electron chi connectivity index (χ4n) is 1.57. The Bertz CT molecular complexity index is 452. The van der Waals surface area contributed by atoms with E-state index in [4.69, 9.17) is 5.11 Å². The molecule has 0 radical (unpaired) electrons. The first kappa shape index (κ1) is 14.2. The maximum absolute atomic E-state index is 11.8. The molecule has 1 amide bonds. The minimum Gasteiger partial charge on any atom is -0.480 e. The largest absolute Gasteiger partial charge is 0.480 e. The van der Waals surface area contributed by atoms with Crippen LogP contribution in [0.25, 0.3) is 0 Å². The molecule has 0 spiro atoms. The summed E-state index contributed by atoms with van der Waals surface area (Å²) < 4.78 is 0. The quantitative estimate of drug-likeness (QED) is 0.784. The molecule has 98 valence electrons. The van der Waals surface area contributed by atoms with Crippen molar-refractivity contribution in [2.75, 3.05) is 0 Å². The molecule has 0 unspecified atom stereocenters. The normalized spacial score (nSPS) is 11.1. The maximum atomic E-state index is 11.8. The molecule has 0 bridgehead atoms. The Balaban J connectivity index is 2.71. The van der Waals surface area contributed by atoms with Crippen molar-refractivity contribution in [1.29, 1.82) is 0 Å². The van der Waals surface area contributed by atoms with Crippen LogP contribution in [0.4, 0.5) is 0 Å². The zero-order valence-electron chi connectivity index (χ0n) is 11.0. The minimum atomic E-state index is -1.40. The number of nitrogens with one attached hydrogen (secondary N) is 1. The van der Waals surface area contributed by atoms with Crippen molar-refractivity contribution in [3.63, 3.8) is 0 Å². The molecule has 2 N–H and O–H groups in total. The van der Waals surface area contributed by atoms with Gasteiger partial charge in [-0.15, -0.1) is 0 Å². The van der Waals surface area contributed by atoms with Crippen LogP contribution in [0.2, 0.25) is 0 Å². The molecule has 0 aromatic heterocycles. The number of carbonyl (C=O) groups is 2. The van der Waals surface area contributed by atoms with Crippen LogP contribution in [-0.2, 0) is 22.6 Å².